The van der Waals surface area contributed by atoms with Crippen LogP contribution in [-0.2, 0) is 6.54 Å². The lowest BCUT2D eigenvalue weighted by Gasteiger charge is -2.15. The van der Waals surface area contributed by atoms with Crippen molar-refractivity contribution in [1.82, 2.24) is 14.8 Å². The van der Waals surface area contributed by atoms with E-state index < -0.39 is 6.29 Å². The van der Waals surface area contributed by atoms with E-state index in [2.05, 4.69) is 39.8 Å². The summed E-state index contributed by atoms with van der Waals surface area (Å²) in [5.41, 5.74) is 4.41. The second-order valence-electron chi connectivity index (χ2n) is 7.87. The molecule has 1 fully saturated rings. The Bertz CT molecular complexity index is 1010. The molecule has 2 aliphatic rings. The van der Waals surface area contributed by atoms with Gasteiger partial charge in [-0.05, 0) is 36.5 Å². The highest BCUT2D eigenvalue weighted by atomic mass is 16.5. The van der Waals surface area contributed by atoms with Crippen LogP contribution in [0.4, 0.5) is 5.69 Å². The molecule has 7 nitrogen and oxygen atoms in total. The van der Waals surface area contributed by atoms with Gasteiger partial charge >= 0.3 is 0 Å². The first-order valence-corrected chi connectivity index (χ1v) is 10.0. The van der Waals surface area contributed by atoms with Gasteiger partial charge < -0.3 is 20.3 Å². The molecule has 1 aromatic carbocycles. The predicted octanol–water partition coefficient (Wildman–Crippen LogP) is 2.93. The number of anilines is 1. The molecule has 0 spiro atoms. The Labute approximate surface area is 169 Å². The standard InChI is InChI=1S/C22H24N4O3/c27-22(28)19-5-6-23-10-20(19)24-8-17-13-29-21-7-15(3-4-18(17)21)16-9-25-26(12-16)11-14-1-2-14/h3-7,9-10,12,14,17,22,24,27-28H,1-2,8,11,13H2/t17-/m0/s1. The Morgan fingerprint density at radius 3 is 2.90 bits per heavy atom. The molecule has 1 aliphatic carbocycles. The Balaban J connectivity index is 1.29. The van der Waals surface area contributed by atoms with E-state index in [0.29, 0.717) is 24.4 Å². The highest BCUT2D eigenvalue weighted by Crippen LogP contribution is 2.38. The van der Waals surface area contributed by atoms with Gasteiger partial charge in [0.25, 0.3) is 0 Å². The molecule has 150 valence electrons. The van der Waals surface area contributed by atoms with Gasteiger partial charge in [0.1, 0.15) is 5.75 Å². The summed E-state index contributed by atoms with van der Waals surface area (Å²) in [6.45, 7) is 2.22. The number of rotatable bonds is 7. The normalized spacial score (nSPS) is 18.0. The van der Waals surface area contributed by atoms with E-state index in [1.165, 1.54) is 12.8 Å². The monoisotopic (exact) mass is 392 g/mol. The van der Waals surface area contributed by atoms with Crippen molar-refractivity contribution < 1.29 is 14.9 Å². The topological polar surface area (TPSA) is 92.4 Å². The van der Waals surface area contributed by atoms with E-state index in [1.54, 1.807) is 18.5 Å². The maximum Gasteiger partial charge on any atom is 0.180 e. The third kappa shape index (κ3) is 3.83. The van der Waals surface area contributed by atoms with E-state index in [1.807, 2.05) is 10.9 Å². The second-order valence-corrected chi connectivity index (χ2v) is 7.87. The molecule has 3 aromatic rings. The number of nitrogens with one attached hydrogen (secondary N) is 1. The van der Waals surface area contributed by atoms with Gasteiger partial charge in [0.2, 0.25) is 0 Å². The van der Waals surface area contributed by atoms with Crippen LogP contribution in [0.25, 0.3) is 11.1 Å². The molecular formula is C22H24N4O3. The van der Waals surface area contributed by atoms with Crippen molar-refractivity contribution in [1.29, 1.82) is 0 Å². The van der Waals surface area contributed by atoms with E-state index in [0.717, 1.165) is 34.9 Å². The van der Waals surface area contributed by atoms with Gasteiger partial charge in [0.05, 0.1) is 24.7 Å². The largest absolute Gasteiger partial charge is 0.493 e. The third-order valence-corrected chi connectivity index (χ3v) is 5.67. The first-order chi connectivity index (χ1) is 14.2. The minimum Gasteiger partial charge on any atom is -0.493 e. The fourth-order valence-corrected chi connectivity index (χ4v) is 3.81. The van der Waals surface area contributed by atoms with Crippen LogP contribution in [0.5, 0.6) is 5.75 Å². The Hall–Kier alpha value is -2.90. The molecule has 1 aliphatic heterocycles. The average molecular weight is 392 g/mol. The Morgan fingerprint density at radius 1 is 1.17 bits per heavy atom. The van der Waals surface area contributed by atoms with Crippen molar-refractivity contribution in [3.05, 3.63) is 60.2 Å². The summed E-state index contributed by atoms with van der Waals surface area (Å²) in [6.07, 6.45) is 8.27. The summed E-state index contributed by atoms with van der Waals surface area (Å²) in [7, 11) is 0. The zero-order valence-corrected chi connectivity index (χ0v) is 16.0. The molecule has 0 amide bonds. The van der Waals surface area contributed by atoms with Gasteiger partial charge in [-0.15, -0.1) is 0 Å². The number of hydrogen-bond donors (Lipinski definition) is 3. The maximum atomic E-state index is 9.50. The van der Waals surface area contributed by atoms with Crippen LogP contribution in [0, 0.1) is 5.92 Å². The SMILES string of the molecule is OC(O)c1ccncc1NC[C@H]1COc2cc(-c3cnn(CC4CC4)c3)ccc21. The number of ether oxygens (including phenoxy) is 1. The highest BCUT2D eigenvalue weighted by Gasteiger charge is 2.25. The van der Waals surface area contributed by atoms with Crippen LogP contribution in [0.1, 0.15) is 36.2 Å². The lowest BCUT2D eigenvalue weighted by Crippen LogP contribution is -2.15. The molecule has 1 saturated carbocycles. The first kappa shape index (κ1) is 18.1. The van der Waals surface area contributed by atoms with Crippen molar-refractivity contribution in [2.24, 2.45) is 5.92 Å². The smallest absolute Gasteiger partial charge is 0.180 e. The quantitative estimate of drug-likeness (QED) is 0.536. The van der Waals surface area contributed by atoms with Crippen LogP contribution in [0.3, 0.4) is 0 Å². The minimum atomic E-state index is -1.53. The van der Waals surface area contributed by atoms with Crippen LogP contribution < -0.4 is 10.1 Å². The number of nitrogens with zero attached hydrogens (tertiary/aromatic N) is 3. The van der Waals surface area contributed by atoms with Crippen molar-refractivity contribution >= 4 is 5.69 Å². The molecule has 7 heteroatoms. The van der Waals surface area contributed by atoms with Crippen LogP contribution >= 0.6 is 0 Å². The molecule has 29 heavy (non-hydrogen) atoms. The van der Waals surface area contributed by atoms with E-state index in [-0.39, 0.29) is 5.92 Å². The fourth-order valence-electron chi connectivity index (χ4n) is 3.81. The van der Waals surface area contributed by atoms with Gasteiger partial charge in [-0.25, -0.2) is 0 Å². The number of aromatic nitrogens is 3. The van der Waals surface area contributed by atoms with Crippen molar-refractivity contribution in [3.8, 4) is 16.9 Å². The number of benzene rings is 1. The molecule has 1 atom stereocenters. The van der Waals surface area contributed by atoms with Gasteiger partial charge in [-0.2, -0.15) is 5.10 Å². The zero-order chi connectivity index (χ0) is 19.8. The molecular weight excluding hydrogens is 368 g/mol. The summed E-state index contributed by atoms with van der Waals surface area (Å²) < 4.78 is 7.98. The van der Waals surface area contributed by atoms with Gasteiger partial charge in [-0.1, -0.05) is 12.1 Å². The van der Waals surface area contributed by atoms with Gasteiger partial charge in [0, 0.05) is 48.1 Å². The predicted molar refractivity (Wildman–Crippen MR) is 109 cm³/mol. The van der Waals surface area contributed by atoms with Gasteiger partial charge in [0.15, 0.2) is 6.29 Å². The second kappa shape index (κ2) is 7.50. The van der Waals surface area contributed by atoms with Crippen molar-refractivity contribution in [2.45, 2.75) is 31.6 Å². The summed E-state index contributed by atoms with van der Waals surface area (Å²) in [5.74, 6) is 1.88. The molecule has 3 heterocycles. The van der Waals surface area contributed by atoms with Crippen molar-refractivity contribution in [3.63, 3.8) is 0 Å². The van der Waals surface area contributed by atoms with Crippen LogP contribution in [0.15, 0.2) is 49.1 Å². The summed E-state index contributed by atoms with van der Waals surface area (Å²) >= 11 is 0. The number of aliphatic hydroxyl groups excluding tert-OH is 1. The molecule has 2 aromatic heterocycles. The Morgan fingerprint density at radius 2 is 2.07 bits per heavy atom. The molecule has 5 rings (SSSR count). The number of pyridine rings is 1. The fraction of sp³-hybridized carbons (Fsp3) is 0.364. The van der Waals surface area contributed by atoms with E-state index in [4.69, 9.17) is 4.74 Å². The number of fused-ring (bicyclic) bond motifs is 1. The molecule has 0 radical (unpaired) electrons. The summed E-state index contributed by atoms with van der Waals surface area (Å²) in [4.78, 5) is 4.06. The average Bonchev–Trinajstić information content (AvgIpc) is 3.26. The van der Waals surface area contributed by atoms with Crippen LogP contribution in [-0.4, -0.2) is 38.1 Å². The van der Waals surface area contributed by atoms with Gasteiger partial charge in [-0.3, -0.25) is 9.67 Å². The number of aliphatic hydroxyl groups is 2. The van der Waals surface area contributed by atoms with Crippen LogP contribution in [0.2, 0.25) is 0 Å². The molecule has 0 bridgehead atoms. The molecule has 0 saturated heterocycles. The zero-order valence-electron chi connectivity index (χ0n) is 16.0. The lowest BCUT2D eigenvalue weighted by atomic mass is 9.98. The highest BCUT2D eigenvalue weighted by molar-refractivity contribution is 5.65. The summed E-state index contributed by atoms with van der Waals surface area (Å²) in [6, 6.07) is 7.92. The van der Waals surface area contributed by atoms with E-state index >= 15 is 0 Å². The molecule has 0 unspecified atom stereocenters. The van der Waals surface area contributed by atoms with Crippen molar-refractivity contribution in [2.75, 3.05) is 18.5 Å². The third-order valence-electron chi connectivity index (χ3n) is 5.67. The lowest BCUT2D eigenvalue weighted by molar-refractivity contribution is -0.0419. The number of hydrogen-bond acceptors (Lipinski definition) is 6. The maximum absolute atomic E-state index is 9.50. The Kier molecular flexibility index (Phi) is 4.69. The summed E-state index contributed by atoms with van der Waals surface area (Å²) in [5, 5.41) is 26.8. The minimum absolute atomic E-state index is 0.181. The van der Waals surface area contributed by atoms with E-state index in [9.17, 15) is 10.2 Å². The molecule has 3 N–H and O–H groups in total. The first-order valence-electron chi connectivity index (χ1n) is 10.0.